The van der Waals surface area contributed by atoms with E-state index in [-0.39, 0.29) is 5.60 Å². The Bertz CT molecular complexity index is 498. The lowest BCUT2D eigenvalue weighted by molar-refractivity contribution is -0.0184. The van der Waals surface area contributed by atoms with Crippen LogP contribution in [0.4, 0.5) is 5.69 Å². The normalized spacial score (nSPS) is 12.2. The van der Waals surface area contributed by atoms with E-state index in [0.717, 1.165) is 11.5 Å². The van der Waals surface area contributed by atoms with Crippen molar-refractivity contribution in [1.29, 1.82) is 0 Å². The second-order valence-electron chi connectivity index (χ2n) is 4.71. The zero-order valence-corrected chi connectivity index (χ0v) is 9.77. The maximum Gasteiger partial charge on any atom is 0.163 e. The Balaban J connectivity index is 2.28. The summed E-state index contributed by atoms with van der Waals surface area (Å²) >= 11 is 0. The molecule has 5 heteroatoms. The zero-order chi connectivity index (χ0) is 11.8. The molecule has 0 aromatic carbocycles. The molecule has 0 bridgehead atoms. The van der Waals surface area contributed by atoms with E-state index in [2.05, 4.69) is 10.2 Å². The molecule has 0 aliphatic heterocycles. The molecule has 0 atom stereocenters. The summed E-state index contributed by atoms with van der Waals surface area (Å²) in [5.74, 6) is 0.761. The van der Waals surface area contributed by atoms with Crippen LogP contribution in [0.1, 0.15) is 26.6 Å². The number of fused-ring (bicyclic) bond motifs is 1. The van der Waals surface area contributed by atoms with E-state index in [0.29, 0.717) is 12.3 Å². The molecule has 5 nitrogen and oxygen atoms in total. The summed E-state index contributed by atoms with van der Waals surface area (Å²) in [6.07, 6.45) is 1.80. The van der Waals surface area contributed by atoms with Crippen LogP contribution in [-0.4, -0.2) is 20.2 Å². The molecule has 0 fully saturated rings. The van der Waals surface area contributed by atoms with Crippen molar-refractivity contribution in [1.82, 2.24) is 14.6 Å². The number of pyridine rings is 1. The molecule has 0 aliphatic rings. The summed E-state index contributed by atoms with van der Waals surface area (Å²) < 4.78 is 7.51. The summed E-state index contributed by atoms with van der Waals surface area (Å²) in [6, 6.07) is 3.64. The third-order valence-corrected chi connectivity index (χ3v) is 2.13. The fourth-order valence-corrected chi connectivity index (χ4v) is 1.33. The summed E-state index contributed by atoms with van der Waals surface area (Å²) in [5, 5.41) is 8.11. The Morgan fingerprint density at radius 3 is 2.75 bits per heavy atom. The standard InChI is InChI=1S/C11H16N4O/c1-11(2,3)16-7-10-14-13-9-5-4-8(12)6-15(9)10/h4-6H,7,12H2,1-3H3. The monoisotopic (exact) mass is 220 g/mol. The highest BCUT2D eigenvalue weighted by Crippen LogP contribution is 2.13. The minimum absolute atomic E-state index is 0.188. The van der Waals surface area contributed by atoms with Gasteiger partial charge in [-0.1, -0.05) is 0 Å². The third-order valence-electron chi connectivity index (χ3n) is 2.13. The van der Waals surface area contributed by atoms with Gasteiger partial charge < -0.3 is 10.5 Å². The molecular formula is C11H16N4O. The van der Waals surface area contributed by atoms with E-state index in [4.69, 9.17) is 10.5 Å². The van der Waals surface area contributed by atoms with Gasteiger partial charge in [-0.05, 0) is 32.9 Å². The van der Waals surface area contributed by atoms with Crippen molar-refractivity contribution in [3.05, 3.63) is 24.2 Å². The molecule has 0 spiro atoms. The van der Waals surface area contributed by atoms with Crippen LogP contribution in [0, 0.1) is 0 Å². The van der Waals surface area contributed by atoms with Crippen LogP contribution in [0.25, 0.3) is 5.65 Å². The lowest BCUT2D eigenvalue weighted by Crippen LogP contribution is -2.19. The lowest BCUT2D eigenvalue weighted by Gasteiger charge is -2.18. The number of rotatable bonds is 2. The van der Waals surface area contributed by atoms with Crippen LogP contribution in [0.3, 0.4) is 0 Å². The second kappa shape index (κ2) is 3.75. The maximum atomic E-state index is 5.72. The topological polar surface area (TPSA) is 65.4 Å². The SMILES string of the molecule is CC(C)(C)OCc1nnc2ccc(N)cn12. The number of nitrogens with two attached hydrogens (primary N) is 1. The van der Waals surface area contributed by atoms with E-state index in [9.17, 15) is 0 Å². The van der Waals surface area contributed by atoms with Gasteiger partial charge in [0, 0.05) is 11.9 Å². The van der Waals surface area contributed by atoms with Gasteiger partial charge in [-0.3, -0.25) is 4.40 Å². The van der Waals surface area contributed by atoms with Crippen molar-refractivity contribution in [3.8, 4) is 0 Å². The van der Waals surface area contributed by atoms with E-state index < -0.39 is 0 Å². The van der Waals surface area contributed by atoms with Crippen molar-refractivity contribution in [2.24, 2.45) is 0 Å². The van der Waals surface area contributed by atoms with Crippen LogP contribution >= 0.6 is 0 Å². The Kier molecular flexibility index (Phi) is 2.55. The van der Waals surface area contributed by atoms with E-state index >= 15 is 0 Å². The largest absolute Gasteiger partial charge is 0.398 e. The van der Waals surface area contributed by atoms with E-state index in [1.807, 2.05) is 31.2 Å². The minimum atomic E-state index is -0.188. The molecule has 86 valence electrons. The number of hydrogen-bond donors (Lipinski definition) is 1. The van der Waals surface area contributed by atoms with Crippen LogP contribution in [0.5, 0.6) is 0 Å². The average molecular weight is 220 g/mol. The van der Waals surface area contributed by atoms with Crippen molar-refractivity contribution in [2.45, 2.75) is 33.0 Å². The van der Waals surface area contributed by atoms with Crippen molar-refractivity contribution in [2.75, 3.05) is 5.73 Å². The molecule has 0 saturated carbocycles. The molecule has 2 heterocycles. The predicted octanol–water partition coefficient (Wildman–Crippen LogP) is 1.63. The van der Waals surface area contributed by atoms with Gasteiger partial charge in [0.1, 0.15) is 6.61 Å². The predicted molar refractivity (Wildman–Crippen MR) is 61.9 cm³/mol. The molecule has 2 N–H and O–H groups in total. The van der Waals surface area contributed by atoms with Gasteiger partial charge in [-0.2, -0.15) is 0 Å². The number of nitrogens with zero attached hydrogens (tertiary/aromatic N) is 3. The molecule has 0 saturated heterocycles. The molecule has 0 amide bonds. The first-order valence-corrected chi connectivity index (χ1v) is 5.19. The number of hydrogen-bond acceptors (Lipinski definition) is 4. The maximum absolute atomic E-state index is 5.72. The van der Waals surface area contributed by atoms with Crippen LogP contribution < -0.4 is 5.73 Å². The highest BCUT2D eigenvalue weighted by atomic mass is 16.5. The zero-order valence-electron chi connectivity index (χ0n) is 9.77. The molecule has 2 rings (SSSR count). The smallest absolute Gasteiger partial charge is 0.163 e. The van der Waals surface area contributed by atoms with Crippen molar-refractivity contribution >= 4 is 11.3 Å². The van der Waals surface area contributed by atoms with Gasteiger partial charge in [0.2, 0.25) is 0 Å². The quantitative estimate of drug-likeness (QED) is 0.835. The fraction of sp³-hybridized carbons (Fsp3) is 0.455. The Labute approximate surface area is 94.2 Å². The molecule has 0 radical (unpaired) electrons. The summed E-state index contributed by atoms with van der Waals surface area (Å²) in [6.45, 7) is 6.44. The van der Waals surface area contributed by atoms with E-state index in [1.54, 1.807) is 12.3 Å². The number of ether oxygens (including phenoxy) is 1. The fourth-order valence-electron chi connectivity index (χ4n) is 1.33. The van der Waals surface area contributed by atoms with Gasteiger partial charge >= 0.3 is 0 Å². The van der Waals surface area contributed by atoms with Crippen LogP contribution in [0.2, 0.25) is 0 Å². The van der Waals surface area contributed by atoms with Crippen molar-refractivity contribution in [3.63, 3.8) is 0 Å². The van der Waals surface area contributed by atoms with Crippen LogP contribution in [-0.2, 0) is 11.3 Å². The Hall–Kier alpha value is -1.62. The van der Waals surface area contributed by atoms with Crippen molar-refractivity contribution < 1.29 is 4.74 Å². The first-order valence-electron chi connectivity index (χ1n) is 5.19. The first-order chi connectivity index (χ1) is 7.46. The first kappa shape index (κ1) is 10.9. The second-order valence-corrected chi connectivity index (χ2v) is 4.71. The number of nitrogen functional groups attached to an aromatic ring is 1. The highest BCUT2D eigenvalue weighted by molar-refractivity contribution is 5.46. The number of anilines is 1. The minimum Gasteiger partial charge on any atom is -0.398 e. The van der Waals surface area contributed by atoms with E-state index in [1.165, 1.54) is 0 Å². The molecule has 2 aromatic rings. The molecule has 16 heavy (non-hydrogen) atoms. The number of aromatic nitrogens is 3. The molecule has 0 unspecified atom stereocenters. The van der Waals surface area contributed by atoms with Crippen LogP contribution in [0.15, 0.2) is 18.3 Å². The molecule has 2 aromatic heterocycles. The third kappa shape index (κ3) is 2.30. The summed E-state index contributed by atoms with van der Waals surface area (Å²) in [7, 11) is 0. The van der Waals surface area contributed by atoms with Gasteiger partial charge in [-0.25, -0.2) is 0 Å². The molecular weight excluding hydrogens is 204 g/mol. The highest BCUT2D eigenvalue weighted by Gasteiger charge is 2.13. The Morgan fingerprint density at radius 2 is 2.06 bits per heavy atom. The lowest BCUT2D eigenvalue weighted by atomic mass is 10.2. The van der Waals surface area contributed by atoms with Gasteiger partial charge in [0.15, 0.2) is 11.5 Å². The van der Waals surface area contributed by atoms with Gasteiger partial charge in [-0.15, -0.1) is 10.2 Å². The Morgan fingerprint density at radius 1 is 1.31 bits per heavy atom. The molecule has 0 aliphatic carbocycles. The van der Waals surface area contributed by atoms with Gasteiger partial charge in [0.25, 0.3) is 0 Å². The summed E-state index contributed by atoms with van der Waals surface area (Å²) in [4.78, 5) is 0. The van der Waals surface area contributed by atoms with Gasteiger partial charge in [0.05, 0.1) is 5.60 Å². The average Bonchev–Trinajstić information content (AvgIpc) is 2.56. The summed E-state index contributed by atoms with van der Waals surface area (Å²) in [5.41, 5.74) is 6.99.